The summed E-state index contributed by atoms with van der Waals surface area (Å²) in [6, 6.07) is 6.86. The van der Waals surface area contributed by atoms with Crippen molar-refractivity contribution in [3.8, 4) is 0 Å². The molecule has 7 heteroatoms. The molecule has 1 aromatic carbocycles. The molecule has 2 rings (SSSR count). The van der Waals surface area contributed by atoms with Crippen LogP contribution in [0.3, 0.4) is 0 Å². The number of carbonyl (C=O) groups excluding carboxylic acids is 3. The fourth-order valence-corrected chi connectivity index (χ4v) is 3.10. The lowest BCUT2D eigenvalue weighted by Crippen LogP contribution is -2.50. The van der Waals surface area contributed by atoms with Crippen LogP contribution in [0.5, 0.6) is 0 Å². The predicted molar refractivity (Wildman–Crippen MR) is 106 cm³/mol. The van der Waals surface area contributed by atoms with E-state index in [4.69, 9.17) is 0 Å². The Bertz CT molecular complexity index is 656. The summed E-state index contributed by atoms with van der Waals surface area (Å²) in [6.07, 6.45) is 2.92. The predicted octanol–water partition coefficient (Wildman–Crippen LogP) is 1.71. The first-order chi connectivity index (χ1) is 13.0. The van der Waals surface area contributed by atoms with Gasteiger partial charge in [0, 0.05) is 50.9 Å². The van der Waals surface area contributed by atoms with Crippen molar-refractivity contribution >= 4 is 23.4 Å². The highest BCUT2D eigenvalue weighted by Crippen LogP contribution is 2.14. The number of benzene rings is 1. The van der Waals surface area contributed by atoms with E-state index in [2.05, 4.69) is 17.6 Å². The number of piperazine rings is 1. The standard InChI is InChI=1S/C20H30N4O3/c1-3-4-5-11-24(15-19(26)23-12-9-21-10-13-23)20(27)17-7-6-8-18(14-17)22-16(2)25/h6-8,14,21H,3-5,9-13,15H2,1-2H3,(H,22,25). The van der Waals surface area contributed by atoms with Crippen molar-refractivity contribution < 1.29 is 14.4 Å². The number of carbonyl (C=O) groups is 3. The molecule has 1 aliphatic heterocycles. The molecule has 1 heterocycles. The molecule has 2 N–H and O–H groups in total. The van der Waals surface area contributed by atoms with Crippen molar-refractivity contribution in [2.45, 2.75) is 33.1 Å². The van der Waals surface area contributed by atoms with Gasteiger partial charge in [-0.15, -0.1) is 0 Å². The van der Waals surface area contributed by atoms with Gasteiger partial charge in [0.2, 0.25) is 11.8 Å². The average Bonchev–Trinajstić information content (AvgIpc) is 2.67. The molecule has 0 bridgehead atoms. The maximum Gasteiger partial charge on any atom is 0.254 e. The average molecular weight is 374 g/mol. The highest BCUT2D eigenvalue weighted by molar-refractivity contribution is 5.98. The van der Waals surface area contributed by atoms with Crippen molar-refractivity contribution in [2.75, 3.05) is 44.6 Å². The Labute approximate surface area is 161 Å². The third-order valence-corrected chi connectivity index (χ3v) is 4.54. The Kier molecular flexibility index (Phi) is 8.26. The molecule has 0 radical (unpaired) electrons. The second kappa shape index (κ2) is 10.7. The van der Waals surface area contributed by atoms with Crippen LogP contribution in [0.25, 0.3) is 0 Å². The van der Waals surface area contributed by atoms with Crippen molar-refractivity contribution in [1.29, 1.82) is 0 Å². The molecule has 0 aliphatic carbocycles. The number of amides is 3. The first-order valence-corrected chi connectivity index (χ1v) is 9.66. The van der Waals surface area contributed by atoms with Crippen LogP contribution in [0.1, 0.15) is 43.5 Å². The Morgan fingerprint density at radius 1 is 1.19 bits per heavy atom. The normalized spacial score (nSPS) is 13.9. The van der Waals surface area contributed by atoms with Crippen LogP contribution in [0, 0.1) is 0 Å². The number of anilines is 1. The van der Waals surface area contributed by atoms with Gasteiger partial charge in [-0.1, -0.05) is 25.8 Å². The zero-order chi connectivity index (χ0) is 19.6. The summed E-state index contributed by atoms with van der Waals surface area (Å²) >= 11 is 0. The van der Waals surface area contributed by atoms with Gasteiger partial charge in [-0.3, -0.25) is 14.4 Å². The summed E-state index contributed by atoms with van der Waals surface area (Å²) in [5.41, 5.74) is 1.06. The summed E-state index contributed by atoms with van der Waals surface area (Å²) < 4.78 is 0. The number of hydrogen-bond acceptors (Lipinski definition) is 4. The molecule has 7 nitrogen and oxygen atoms in total. The van der Waals surface area contributed by atoms with Gasteiger partial charge in [-0.25, -0.2) is 0 Å². The largest absolute Gasteiger partial charge is 0.339 e. The first-order valence-electron chi connectivity index (χ1n) is 9.66. The second-order valence-corrected chi connectivity index (χ2v) is 6.83. The van der Waals surface area contributed by atoms with Gasteiger partial charge in [0.1, 0.15) is 6.54 Å². The Morgan fingerprint density at radius 2 is 1.93 bits per heavy atom. The van der Waals surface area contributed by atoms with Gasteiger partial charge in [0.25, 0.3) is 5.91 Å². The van der Waals surface area contributed by atoms with Crippen LogP contribution in [-0.4, -0.2) is 66.8 Å². The lowest BCUT2D eigenvalue weighted by Gasteiger charge is -2.30. The number of rotatable bonds is 8. The Hall–Kier alpha value is -2.41. The van der Waals surface area contributed by atoms with Gasteiger partial charge in [-0.05, 0) is 24.6 Å². The van der Waals surface area contributed by atoms with E-state index in [0.29, 0.717) is 30.9 Å². The second-order valence-electron chi connectivity index (χ2n) is 6.83. The lowest BCUT2D eigenvalue weighted by molar-refractivity contribution is -0.132. The van der Waals surface area contributed by atoms with Crippen LogP contribution in [0.15, 0.2) is 24.3 Å². The van der Waals surface area contributed by atoms with Crippen LogP contribution >= 0.6 is 0 Å². The minimum absolute atomic E-state index is 0.0145. The molecule has 1 aliphatic rings. The quantitative estimate of drug-likeness (QED) is 0.679. The molecule has 0 unspecified atom stereocenters. The first kappa shape index (κ1) is 20.9. The van der Waals surface area contributed by atoms with Gasteiger partial charge in [0.15, 0.2) is 0 Å². The Morgan fingerprint density at radius 3 is 2.59 bits per heavy atom. The topological polar surface area (TPSA) is 81.8 Å². The van der Waals surface area contributed by atoms with Crippen LogP contribution in [-0.2, 0) is 9.59 Å². The molecule has 1 aromatic rings. The van der Waals surface area contributed by atoms with Crippen molar-refractivity contribution in [3.63, 3.8) is 0 Å². The highest BCUT2D eigenvalue weighted by atomic mass is 16.2. The van der Waals surface area contributed by atoms with Crippen molar-refractivity contribution in [2.24, 2.45) is 0 Å². The van der Waals surface area contributed by atoms with Crippen LogP contribution in [0.2, 0.25) is 0 Å². The molecule has 27 heavy (non-hydrogen) atoms. The molecule has 1 saturated heterocycles. The zero-order valence-corrected chi connectivity index (χ0v) is 16.3. The van der Waals surface area contributed by atoms with E-state index in [9.17, 15) is 14.4 Å². The molecule has 0 saturated carbocycles. The number of hydrogen-bond donors (Lipinski definition) is 2. The van der Waals surface area contributed by atoms with Crippen molar-refractivity contribution in [1.82, 2.24) is 15.1 Å². The SMILES string of the molecule is CCCCCN(CC(=O)N1CCNCC1)C(=O)c1cccc(NC(C)=O)c1. The lowest BCUT2D eigenvalue weighted by atomic mass is 10.1. The number of unbranched alkanes of at least 4 members (excludes halogenated alkanes) is 2. The molecule has 0 atom stereocenters. The Balaban J connectivity index is 2.10. The van der Waals surface area contributed by atoms with Gasteiger partial charge in [-0.2, -0.15) is 0 Å². The zero-order valence-electron chi connectivity index (χ0n) is 16.3. The maximum atomic E-state index is 13.0. The minimum atomic E-state index is -0.187. The van der Waals surface area contributed by atoms with E-state index in [1.165, 1.54) is 6.92 Å². The van der Waals surface area contributed by atoms with Gasteiger partial charge >= 0.3 is 0 Å². The summed E-state index contributed by atoms with van der Waals surface area (Å²) in [7, 11) is 0. The summed E-state index contributed by atoms with van der Waals surface area (Å²) in [5, 5.41) is 5.92. The summed E-state index contributed by atoms with van der Waals surface area (Å²) in [6.45, 7) is 7.10. The molecule has 0 spiro atoms. The van der Waals surface area contributed by atoms with E-state index in [1.807, 2.05) is 4.90 Å². The van der Waals surface area contributed by atoms with E-state index in [1.54, 1.807) is 29.2 Å². The maximum absolute atomic E-state index is 13.0. The van der Waals surface area contributed by atoms with Crippen LogP contribution in [0.4, 0.5) is 5.69 Å². The number of nitrogens with one attached hydrogen (secondary N) is 2. The third kappa shape index (κ3) is 6.67. The fourth-order valence-electron chi connectivity index (χ4n) is 3.10. The molecular formula is C20H30N4O3. The molecule has 3 amide bonds. The molecule has 1 fully saturated rings. The monoisotopic (exact) mass is 374 g/mol. The van der Waals surface area contributed by atoms with E-state index in [0.717, 1.165) is 32.4 Å². The number of nitrogens with zero attached hydrogens (tertiary/aromatic N) is 2. The smallest absolute Gasteiger partial charge is 0.254 e. The summed E-state index contributed by atoms with van der Waals surface area (Å²) in [5.74, 6) is -0.380. The minimum Gasteiger partial charge on any atom is -0.339 e. The van der Waals surface area contributed by atoms with Crippen molar-refractivity contribution in [3.05, 3.63) is 29.8 Å². The molecule has 148 valence electrons. The van der Waals surface area contributed by atoms with Gasteiger partial charge in [0.05, 0.1) is 0 Å². The van der Waals surface area contributed by atoms with E-state index >= 15 is 0 Å². The summed E-state index contributed by atoms with van der Waals surface area (Å²) in [4.78, 5) is 40.4. The van der Waals surface area contributed by atoms with E-state index < -0.39 is 0 Å². The van der Waals surface area contributed by atoms with E-state index in [-0.39, 0.29) is 24.3 Å². The molecule has 0 aromatic heterocycles. The fraction of sp³-hybridized carbons (Fsp3) is 0.550. The van der Waals surface area contributed by atoms with Crippen LogP contribution < -0.4 is 10.6 Å². The molecular weight excluding hydrogens is 344 g/mol. The third-order valence-electron chi connectivity index (χ3n) is 4.54. The van der Waals surface area contributed by atoms with Gasteiger partial charge < -0.3 is 20.4 Å². The highest BCUT2D eigenvalue weighted by Gasteiger charge is 2.23.